The van der Waals surface area contributed by atoms with Crippen molar-refractivity contribution in [3.05, 3.63) is 60.3 Å². The quantitative estimate of drug-likeness (QED) is 0.702. The largest absolute Gasteiger partial charge is 0.354 e. The van der Waals surface area contributed by atoms with Crippen LogP contribution in [0.2, 0.25) is 0 Å². The van der Waals surface area contributed by atoms with Crippen molar-refractivity contribution in [2.24, 2.45) is 0 Å². The highest BCUT2D eigenvalue weighted by atomic mass is 35.5. The van der Waals surface area contributed by atoms with Gasteiger partial charge in [0.15, 0.2) is 0 Å². The first-order chi connectivity index (χ1) is 10.4. The number of halogens is 1. The molecule has 0 radical (unpaired) electrons. The van der Waals surface area contributed by atoms with Gasteiger partial charge in [-0.05, 0) is 36.6 Å². The van der Waals surface area contributed by atoms with Crippen molar-refractivity contribution in [2.75, 3.05) is 11.2 Å². The van der Waals surface area contributed by atoms with E-state index in [1.54, 1.807) is 6.20 Å². The molecular formula is C17H16ClN3. The zero-order chi connectivity index (χ0) is 14.5. The molecule has 0 atom stereocenters. The van der Waals surface area contributed by atoms with Crippen LogP contribution in [0.5, 0.6) is 0 Å². The average molecular weight is 298 g/mol. The van der Waals surface area contributed by atoms with Crippen LogP contribution in [0, 0.1) is 0 Å². The van der Waals surface area contributed by atoms with Crippen molar-refractivity contribution in [2.45, 2.75) is 12.8 Å². The number of benzene rings is 2. The molecule has 0 saturated carbocycles. The molecule has 0 aliphatic carbocycles. The Morgan fingerprint density at radius 1 is 1.05 bits per heavy atom. The second-order valence-electron chi connectivity index (χ2n) is 4.89. The highest BCUT2D eigenvalue weighted by Crippen LogP contribution is 2.24. The first-order valence-corrected chi connectivity index (χ1v) is 7.52. The Kier molecular flexibility index (Phi) is 4.31. The topological polar surface area (TPSA) is 37.8 Å². The lowest BCUT2D eigenvalue weighted by Crippen LogP contribution is -1.95. The second-order valence-corrected chi connectivity index (χ2v) is 5.27. The van der Waals surface area contributed by atoms with Gasteiger partial charge < -0.3 is 5.32 Å². The summed E-state index contributed by atoms with van der Waals surface area (Å²) in [5.74, 6) is 0.691. The van der Waals surface area contributed by atoms with Gasteiger partial charge in [0.2, 0.25) is 0 Å². The highest BCUT2D eigenvalue weighted by Gasteiger charge is 2.03. The van der Waals surface area contributed by atoms with Crippen LogP contribution in [-0.2, 0) is 6.42 Å². The van der Waals surface area contributed by atoms with E-state index in [1.165, 1.54) is 5.56 Å². The molecular weight excluding hydrogens is 282 g/mol. The van der Waals surface area contributed by atoms with Crippen molar-refractivity contribution in [1.29, 1.82) is 0 Å². The van der Waals surface area contributed by atoms with Crippen molar-refractivity contribution in [3.63, 3.8) is 0 Å². The second kappa shape index (κ2) is 6.55. The van der Waals surface area contributed by atoms with Gasteiger partial charge in [0.1, 0.15) is 0 Å². The Balaban J connectivity index is 1.88. The van der Waals surface area contributed by atoms with E-state index in [0.29, 0.717) is 5.88 Å². The van der Waals surface area contributed by atoms with Crippen LogP contribution in [0.4, 0.5) is 11.4 Å². The molecule has 3 aromatic rings. The summed E-state index contributed by atoms with van der Waals surface area (Å²) in [5.41, 5.74) is 4.20. The monoisotopic (exact) mass is 297 g/mol. The van der Waals surface area contributed by atoms with Gasteiger partial charge in [-0.1, -0.05) is 30.3 Å². The van der Waals surface area contributed by atoms with Crippen molar-refractivity contribution in [3.8, 4) is 0 Å². The lowest BCUT2D eigenvalue weighted by atomic mass is 10.1. The number of aromatic nitrogens is 2. The number of hydrogen-bond donors (Lipinski definition) is 1. The number of fused-ring (bicyclic) bond motifs is 1. The van der Waals surface area contributed by atoms with Crippen molar-refractivity contribution < 1.29 is 0 Å². The Bertz CT molecular complexity index is 737. The molecule has 4 heteroatoms. The first-order valence-electron chi connectivity index (χ1n) is 6.99. The molecule has 3 nitrogen and oxygen atoms in total. The highest BCUT2D eigenvalue weighted by molar-refractivity contribution is 6.17. The van der Waals surface area contributed by atoms with Crippen LogP contribution in [-0.4, -0.2) is 16.1 Å². The van der Waals surface area contributed by atoms with Gasteiger partial charge in [0.25, 0.3) is 0 Å². The predicted molar refractivity (Wildman–Crippen MR) is 88.3 cm³/mol. The number of alkyl halides is 1. The molecule has 1 aromatic heterocycles. The number of nitrogens with zero attached hydrogens (tertiary/aromatic N) is 2. The van der Waals surface area contributed by atoms with Crippen LogP contribution in [0.15, 0.2) is 54.7 Å². The minimum atomic E-state index is 0.691. The first kappa shape index (κ1) is 13.8. The van der Waals surface area contributed by atoms with E-state index in [0.717, 1.165) is 35.1 Å². The zero-order valence-electron chi connectivity index (χ0n) is 11.6. The lowest BCUT2D eigenvalue weighted by Gasteiger charge is -2.10. The molecule has 0 unspecified atom stereocenters. The van der Waals surface area contributed by atoms with Gasteiger partial charge in [-0.2, -0.15) is 10.2 Å². The molecule has 2 aromatic carbocycles. The minimum absolute atomic E-state index is 0.691. The van der Waals surface area contributed by atoms with Crippen LogP contribution in [0.1, 0.15) is 12.0 Å². The van der Waals surface area contributed by atoms with Gasteiger partial charge in [-0.25, -0.2) is 0 Å². The van der Waals surface area contributed by atoms with Crippen molar-refractivity contribution in [1.82, 2.24) is 10.2 Å². The fourth-order valence-corrected chi connectivity index (χ4v) is 2.47. The van der Waals surface area contributed by atoms with Gasteiger partial charge in [0, 0.05) is 17.0 Å². The van der Waals surface area contributed by atoms with E-state index < -0.39 is 0 Å². The normalized spacial score (nSPS) is 10.7. The van der Waals surface area contributed by atoms with E-state index in [-0.39, 0.29) is 0 Å². The maximum atomic E-state index is 5.76. The molecule has 0 saturated heterocycles. The molecule has 0 aliphatic rings. The predicted octanol–water partition coefficient (Wildman–Crippen LogP) is 4.54. The smallest absolute Gasteiger partial charge is 0.0950 e. The molecule has 0 spiro atoms. The van der Waals surface area contributed by atoms with Crippen LogP contribution in [0.3, 0.4) is 0 Å². The van der Waals surface area contributed by atoms with E-state index in [2.05, 4.69) is 39.8 Å². The summed E-state index contributed by atoms with van der Waals surface area (Å²) in [6.07, 6.45) is 3.74. The van der Waals surface area contributed by atoms with Crippen molar-refractivity contribution >= 4 is 33.9 Å². The molecule has 0 bridgehead atoms. The molecule has 0 amide bonds. The number of nitrogens with one attached hydrogen (secondary N) is 1. The van der Waals surface area contributed by atoms with E-state index in [9.17, 15) is 0 Å². The summed E-state index contributed by atoms with van der Waals surface area (Å²) in [6, 6.07) is 16.4. The van der Waals surface area contributed by atoms with E-state index in [1.807, 2.05) is 24.3 Å². The van der Waals surface area contributed by atoms with E-state index >= 15 is 0 Å². The van der Waals surface area contributed by atoms with Gasteiger partial charge in [-0.3, -0.25) is 0 Å². The van der Waals surface area contributed by atoms with Crippen LogP contribution < -0.4 is 5.32 Å². The Morgan fingerprint density at radius 3 is 2.86 bits per heavy atom. The summed E-state index contributed by atoms with van der Waals surface area (Å²) in [6.45, 7) is 0. The number of anilines is 2. The molecule has 0 aliphatic heterocycles. The van der Waals surface area contributed by atoms with E-state index in [4.69, 9.17) is 11.6 Å². The lowest BCUT2D eigenvalue weighted by molar-refractivity contribution is 0.929. The fraction of sp³-hybridized carbons (Fsp3) is 0.176. The molecule has 21 heavy (non-hydrogen) atoms. The summed E-state index contributed by atoms with van der Waals surface area (Å²) in [4.78, 5) is 0. The SMILES string of the molecule is ClCCCc1cccc(Nc2cnnc3ccccc23)c1. The Labute approximate surface area is 129 Å². The molecule has 3 rings (SSSR count). The third-order valence-corrected chi connectivity index (χ3v) is 3.62. The summed E-state index contributed by atoms with van der Waals surface area (Å²) in [7, 11) is 0. The number of rotatable bonds is 5. The molecule has 1 N–H and O–H groups in total. The maximum absolute atomic E-state index is 5.76. The summed E-state index contributed by atoms with van der Waals surface area (Å²) in [5, 5.41) is 12.7. The molecule has 1 heterocycles. The van der Waals surface area contributed by atoms with Crippen LogP contribution >= 0.6 is 11.6 Å². The fourth-order valence-electron chi connectivity index (χ4n) is 2.34. The van der Waals surface area contributed by atoms with Gasteiger partial charge in [-0.15, -0.1) is 11.6 Å². The summed E-state index contributed by atoms with van der Waals surface area (Å²) >= 11 is 5.76. The third kappa shape index (κ3) is 3.31. The number of aryl methyl sites for hydroxylation is 1. The third-order valence-electron chi connectivity index (χ3n) is 3.35. The molecule has 0 fully saturated rings. The average Bonchev–Trinajstić information content (AvgIpc) is 2.54. The maximum Gasteiger partial charge on any atom is 0.0950 e. The Hall–Kier alpha value is -2.13. The van der Waals surface area contributed by atoms with Gasteiger partial charge in [0.05, 0.1) is 17.4 Å². The standard InChI is InChI=1S/C17H16ClN3/c18-10-4-6-13-5-3-7-14(11-13)20-17-12-19-21-16-9-2-1-8-15(16)17/h1-3,5,7-9,11-12H,4,6,10H2,(H,20,21). The van der Waals surface area contributed by atoms with Gasteiger partial charge >= 0.3 is 0 Å². The summed E-state index contributed by atoms with van der Waals surface area (Å²) < 4.78 is 0. The number of hydrogen-bond acceptors (Lipinski definition) is 3. The zero-order valence-corrected chi connectivity index (χ0v) is 12.3. The minimum Gasteiger partial charge on any atom is -0.354 e. The molecule has 106 valence electrons. The Morgan fingerprint density at radius 2 is 1.95 bits per heavy atom. The van der Waals surface area contributed by atoms with Crippen LogP contribution in [0.25, 0.3) is 10.9 Å².